The number of carbonyl (C=O) groups excluding carboxylic acids is 1. The number of ether oxygens (including phenoxy) is 1. The van der Waals surface area contributed by atoms with Gasteiger partial charge in [-0.3, -0.25) is 4.79 Å². The summed E-state index contributed by atoms with van der Waals surface area (Å²) in [7, 11) is 1.57. The topological polar surface area (TPSA) is 76.1 Å². The van der Waals surface area contributed by atoms with Crippen molar-refractivity contribution in [3.8, 4) is 0 Å². The van der Waals surface area contributed by atoms with Gasteiger partial charge >= 0.3 is 0 Å². The van der Waals surface area contributed by atoms with E-state index >= 15 is 0 Å². The lowest BCUT2D eigenvalue weighted by Gasteiger charge is -2.06. The first kappa shape index (κ1) is 16.8. The van der Waals surface area contributed by atoms with E-state index in [9.17, 15) is 9.18 Å². The lowest BCUT2D eigenvalue weighted by Crippen LogP contribution is -2.27. The molecule has 0 saturated heterocycles. The maximum atomic E-state index is 12.8. The van der Waals surface area contributed by atoms with Crippen molar-refractivity contribution in [3.05, 3.63) is 53.6 Å². The Morgan fingerprint density at radius 1 is 1.17 bits per heavy atom. The van der Waals surface area contributed by atoms with Crippen molar-refractivity contribution in [3.63, 3.8) is 0 Å². The molecule has 2 aromatic rings. The molecule has 0 saturated carbocycles. The second-order valence-electron chi connectivity index (χ2n) is 4.85. The van der Waals surface area contributed by atoms with Crippen LogP contribution in [-0.2, 0) is 11.2 Å². The zero-order valence-electron chi connectivity index (χ0n) is 12.9. The van der Waals surface area contributed by atoms with Crippen LogP contribution in [0.5, 0.6) is 0 Å². The third-order valence-corrected chi connectivity index (χ3v) is 3.12. The molecule has 0 aliphatic rings. The van der Waals surface area contributed by atoms with E-state index in [0.717, 1.165) is 12.0 Å². The van der Waals surface area contributed by atoms with Gasteiger partial charge < -0.3 is 15.4 Å². The molecule has 0 radical (unpaired) electrons. The van der Waals surface area contributed by atoms with Crippen LogP contribution in [0.25, 0.3) is 0 Å². The predicted octanol–water partition coefficient (Wildman–Crippen LogP) is 1.65. The van der Waals surface area contributed by atoms with Crippen molar-refractivity contribution in [2.45, 2.75) is 6.42 Å². The van der Waals surface area contributed by atoms with Crippen LogP contribution in [0.4, 0.5) is 10.3 Å². The summed E-state index contributed by atoms with van der Waals surface area (Å²) < 4.78 is 17.7. The summed E-state index contributed by atoms with van der Waals surface area (Å²) >= 11 is 0. The Morgan fingerprint density at radius 2 is 1.87 bits per heavy atom. The van der Waals surface area contributed by atoms with E-state index in [1.54, 1.807) is 19.2 Å². The first-order valence-electron chi connectivity index (χ1n) is 7.26. The molecule has 1 aromatic heterocycles. The van der Waals surface area contributed by atoms with E-state index in [1.165, 1.54) is 24.5 Å². The Kier molecular flexibility index (Phi) is 6.43. The molecule has 0 spiro atoms. The van der Waals surface area contributed by atoms with Gasteiger partial charge in [-0.15, -0.1) is 0 Å². The Hall–Kier alpha value is -2.54. The molecule has 0 atom stereocenters. The van der Waals surface area contributed by atoms with Gasteiger partial charge in [0.25, 0.3) is 5.91 Å². The van der Waals surface area contributed by atoms with Crippen LogP contribution in [0.15, 0.2) is 36.7 Å². The van der Waals surface area contributed by atoms with E-state index in [2.05, 4.69) is 20.6 Å². The average Bonchev–Trinajstić information content (AvgIpc) is 2.57. The van der Waals surface area contributed by atoms with Crippen molar-refractivity contribution in [1.82, 2.24) is 15.3 Å². The zero-order valence-corrected chi connectivity index (χ0v) is 12.9. The third kappa shape index (κ3) is 5.63. The molecule has 23 heavy (non-hydrogen) atoms. The van der Waals surface area contributed by atoms with Crippen molar-refractivity contribution < 1.29 is 13.9 Å². The number of nitrogens with one attached hydrogen (secondary N) is 2. The van der Waals surface area contributed by atoms with E-state index in [-0.39, 0.29) is 11.7 Å². The summed E-state index contributed by atoms with van der Waals surface area (Å²) in [6, 6.07) is 6.35. The Morgan fingerprint density at radius 3 is 2.52 bits per heavy atom. The number of anilines is 1. The van der Waals surface area contributed by atoms with Crippen molar-refractivity contribution in [1.29, 1.82) is 0 Å². The van der Waals surface area contributed by atoms with Gasteiger partial charge in [-0.2, -0.15) is 0 Å². The molecular formula is C16H19FN4O2. The minimum absolute atomic E-state index is 0.236. The molecule has 1 aromatic carbocycles. The zero-order chi connectivity index (χ0) is 16.5. The number of methoxy groups -OCH3 is 1. The quantitative estimate of drug-likeness (QED) is 0.724. The number of nitrogens with zero attached hydrogens (tertiary/aromatic N) is 2. The van der Waals surface area contributed by atoms with Gasteiger partial charge in [0.2, 0.25) is 5.95 Å². The molecule has 1 heterocycles. The van der Waals surface area contributed by atoms with Gasteiger partial charge in [-0.1, -0.05) is 12.1 Å². The molecule has 1 amide bonds. The highest BCUT2D eigenvalue weighted by atomic mass is 19.1. The molecule has 7 heteroatoms. The minimum atomic E-state index is -0.246. The highest BCUT2D eigenvalue weighted by Crippen LogP contribution is 2.05. The molecule has 0 fully saturated rings. The van der Waals surface area contributed by atoms with Crippen molar-refractivity contribution in [2.75, 3.05) is 32.1 Å². The van der Waals surface area contributed by atoms with Crippen LogP contribution in [0.3, 0.4) is 0 Å². The van der Waals surface area contributed by atoms with Gasteiger partial charge in [0.05, 0.1) is 12.2 Å². The SMILES string of the molecule is COCCNC(=O)c1cnc(NCCc2ccc(F)cc2)nc1. The van der Waals surface area contributed by atoms with E-state index in [1.807, 2.05) is 0 Å². The molecule has 0 unspecified atom stereocenters. The van der Waals surface area contributed by atoms with Crippen LogP contribution in [0, 0.1) is 5.82 Å². The van der Waals surface area contributed by atoms with Gasteiger partial charge in [0.15, 0.2) is 0 Å². The summed E-state index contributed by atoms with van der Waals surface area (Å²) in [5.74, 6) is -0.0372. The number of benzene rings is 1. The Bertz CT molecular complexity index is 617. The number of halogens is 1. The molecule has 122 valence electrons. The van der Waals surface area contributed by atoms with Gasteiger partial charge in [0.1, 0.15) is 5.82 Å². The predicted molar refractivity (Wildman–Crippen MR) is 84.8 cm³/mol. The normalized spacial score (nSPS) is 10.3. The summed E-state index contributed by atoms with van der Waals surface area (Å²) in [5, 5.41) is 5.75. The number of hydrogen-bond acceptors (Lipinski definition) is 5. The first-order chi connectivity index (χ1) is 11.2. The smallest absolute Gasteiger partial charge is 0.254 e. The lowest BCUT2D eigenvalue weighted by atomic mass is 10.1. The summed E-state index contributed by atoms with van der Waals surface area (Å²) in [6.45, 7) is 1.51. The van der Waals surface area contributed by atoms with Gasteiger partial charge in [0, 0.05) is 32.6 Å². The van der Waals surface area contributed by atoms with Crippen LogP contribution in [0.1, 0.15) is 15.9 Å². The maximum absolute atomic E-state index is 12.8. The average molecular weight is 318 g/mol. The van der Waals surface area contributed by atoms with Crippen molar-refractivity contribution in [2.24, 2.45) is 0 Å². The number of aromatic nitrogens is 2. The monoisotopic (exact) mass is 318 g/mol. The number of rotatable bonds is 8. The summed E-state index contributed by atoms with van der Waals surface area (Å²) in [5.41, 5.74) is 1.42. The fourth-order valence-electron chi connectivity index (χ4n) is 1.87. The summed E-state index contributed by atoms with van der Waals surface area (Å²) in [4.78, 5) is 20.0. The summed E-state index contributed by atoms with van der Waals surface area (Å²) in [6.07, 6.45) is 3.66. The second-order valence-corrected chi connectivity index (χ2v) is 4.85. The third-order valence-electron chi connectivity index (χ3n) is 3.12. The van der Waals surface area contributed by atoms with E-state index in [0.29, 0.717) is 31.2 Å². The number of carbonyl (C=O) groups is 1. The maximum Gasteiger partial charge on any atom is 0.254 e. The van der Waals surface area contributed by atoms with Gasteiger partial charge in [-0.05, 0) is 24.1 Å². The highest BCUT2D eigenvalue weighted by Gasteiger charge is 2.06. The fourth-order valence-corrected chi connectivity index (χ4v) is 1.87. The largest absolute Gasteiger partial charge is 0.383 e. The van der Waals surface area contributed by atoms with Crippen LogP contribution >= 0.6 is 0 Å². The molecule has 2 N–H and O–H groups in total. The molecule has 0 aliphatic heterocycles. The van der Waals surface area contributed by atoms with Crippen LogP contribution in [0.2, 0.25) is 0 Å². The lowest BCUT2D eigenvalue weighted by molar-refractivity contribution is 0.0936. The Balaban J connectivity index is 1.78. The number of hydrogen-bond donors (Lipinski definition) is 2. The molecule has 2 rings (SSSR count). The first-order valence-corrected chi connectivity index (χ1v) is 7.26. The molecule has 0 bridgehead atoms. The Labute approximate surface area is 134 Å². The van der Waals surface area contributed by atoms with Gasteiger partial charge in [-0.25, -0.2) is 14.4 Å². The van der Waals surface area contributed by atoms with Crippen molar-refractivity contribution >= 4 is 11.9 Å². The van der Waals surface area contributed by atoms with E-state index < -0.39 is 0 Å². The van der Waals surface area contributed by atoms with E-state index in [4.69, 9.17) is 4.74 Å². The molecule has 0 aliphatic carbocycles. The van der Waals surface area contributed by atoms with Crippen LogP contribution < -0.4 is 10.6 Å². The second kappa shape index (κ2) is 8.79. The minimum Gasteiger partial charge on any atom is -0.383 e. The fraction of sp³-hybridized carbons (Fsp3) is 0.312. The highest BCUT2D eigenvalue weighted by molar-refractivity contribution is 5.93. The molecular weight excluding hydrogens is 299 g/mol. The molecule has 6 nitrogen and oxygen atoms in total. The van der Waals surface area contributed by atoms with Crippen LogP contribution in [-0.4, -0.2) is 42.7 Å². The number of amides is 1. The standard InChI is InChI=1S/C16H19FN4O2/c1-23-9-8-18-15(22)13-10-20-16(21-11-13)19-7-6-12-2-4-14(17)5-3-12/h2-5,10-11H,6-9H2,1H3,(H,18,22)(H,19,20,21).